The largest absolute Gasteiger partial charge is 0.379 e. The van der Waals surface area contributed by atoms with Crippen molar-refractivity contribution in [3.63, 3.8) is 0 Å². The molecule has 1 aliphatic heterocycles. The van der Waals surface area contributed by atoms with Gasteiger partial charge in [0, 0.05) is 11.5 Å². The molecule has 1 saturated heterocycles. The number of aromatic nitrogens is 1. The van der Waals surface area contributed by atoms with E-state index in [-0.39, 0.29) is 5.54 Å². The van der Waals surface area contributed by atoms with Crippen LogP contribution in [0.2, 0.25) is 0 Å². The Morgan fingerprint density at radius 1 is 1.47 bits per heavy atom. The topological polar surface area (TPSA) is 34.2 Å². The number of nitrogens with one attached hydrogen (secondary N) is 1. The first-order valence-corrected chi connectivity index (χ1v) is 7.47. The Balaban J connectivity index is 1.86. The maximum absolute atomic E-state index is 5.62. The van der Waals surface area contributed by atoms with E-state index < -0.39 is 0 Å². The van der Waals surface area contributed by atoms with Crippen LogP contribution in [0.25, 0.3) is 0 Å². The Hall–Kier alpha value is -0.450. The zero-order valence-electron chi connectivity index (χ0n) is 10.4. The molecule has 3 rings (SSSR count). The van der Waals surface area contributed by atoms with Gasteiger partial charge in [-0.2, -0.15) is 0 Å². The van der Waals surface area contributed by atoms with Crippen LogP contribution in [0.4, 0.5) is 0 Å². The molecule has 94 valence electrons. The van der Waals surface area contributed by atoms with E-state index in [4.69, 9.17) is 9.72 Å². The number of aryl methyl sites for hydroxylation is 2. The van der Waals surface area contributed by atoms with Gasteiger partial charge in [-0.25, -0.2) is 4.98 Å². The highest BCUT2D eigenvalue weighted by Crippen LogP contribution is 2.37. The van der Waals surface area contributed by atoms with Gasteiger partial charge in [0.05, 0.1) is 17.8 Å². The average molecular weight is 252 g/mol. The van der Waals surface area contributed by atoms with E-state index in [0.717, 1.165) is 32.6 Å². The summed E-state index contributed by atoms with van der Waals surface area (Å²) in [5.41, 5.74) is 1.37. The lowest BCUT2D eigenvalue weighted by Crippen LogP contribution is -2.43. The molecule has 1 unspecified atom stereocenters. The fourth-order valence-corrected chi connectivity index (χ4v) is 4.04. The number of rotatable bonds is 4. The van der Waals surface area contributed by atoms with Gasteiger partial charge in [0.2, 0.25) is 0 Å². The van der Waals surface area contributed by atoms with Crippen molar-refractivity contribution >= 4 is 11.3 Å². The Morgan fingerprint density at radius 3 is 3.12 bits per heavy atom. The summed E-state index contributed by atoms with van der Waals surface area (Å²) in [5.74, 6) is 0. The lowest BCUT2D eigenvalue weighted by molar-refractivity contribution is 0.166. The van der Waals surface area contributed by atoms with Crippen molar-refractivity contribution in [3.05, 3.63) is 15.6 Å². The second-order valence-corrected chi connectivity index (χ2v) is 6.14. The fourth-order valence-electron chi connectivity index (χ4n) is 2.71. The summed E-state index contributed by atoms with van der Waals surface area (Å²) in [4.78, 5) is 6.39. The Morgan fingerprint density at radius 2 is 2.41 bits per heavy atom. The van der Waals surface area contributed by atoms with Gasteiger partial charge >= 0.3 is 0 Å². The minimum Gasteiger partial charge on any atom is -0.379 e. The smallest absolute Gasteiger partial charge is 0.116 e. The second-order valence-electron chi connectivity index (χ2n) is 5.05. The van der Waals surface area contributed by atoms with E-state index >= 15 is 0 Å². The molecule has 1 aromatic rings. The molecule has 0 radical (unpaired) electrons. The van der Waals surface area contributed by atoms with Gasteiger partial charge in [0.15, 0.2) is 0 Å². The van der Waals surface area contributed by atoms with Crippen molar-refractivity contribution < 1.29 is 4.74 Å². The summed E-state index contributed by atoms with van der Waals surface area (Å²) in [5, 5.41) is 4.94. The maximum atomic E-state index is 5.62. The van der Waals surface area contributed by atoms with Crippen LogP contribution in [0.3, 0.4) is 0 Å². The molecule has 0 spiro atoms. The summed E-state index contributed by atoms with van der Waals surface area (Å²) in [7, 11) is 0. The lowest BCUT2D eigenvalue weighted by Gasteiger charge is -2.26. The Kier molecular flexibility index (Phi) is 3.19. The molecule has 1 fully saturated rings. The summed E-state index contributed by atoms with van der Waals surface area (Å²) < 4.78 is 5.62. The third-order valence-electron chi connectivity index (χ3n) is 3.74. The molecule has 1 aromatic heterocycles. The van der Waals surface area contributed by atoms with E-state index in [2.05, 4.69) is 12.2 Å². The van der Waals surface area contributed by atoms with E-state index in [1.54, 1.807) is 0 Å². The van der Waals surface area contributed by atoms with Crippen LogP contribution in [0.1, 0.15) is 41.8 Å². The monoisotopic (exact) mass is 252 g/mol. The van der Waals surface area contributed by atoms with Crippen molar-refractivity contribution in [2.24, 2.45) is 0 Å². The maximum Gasteiger partial charge on any atom is 0.116 e. The molecule has 17 heavy (non-hydrogen) atoms. The lowest BCUT2D eigenvalue weighted by atomic mass is 9.99. The van der Waals surface area contributed by atoms with Crippen LogP contribution in [0, 0.1) is 0 Å². The standard InChI is InChI=1S/C13H20N2OS/c1-2-7-14-13(6-8-16-9-13)12-15-10-4-3-5-11(10)17-12/h14H,2-9H2,1H3. The van der Waals surface area contributed by atoms with Crippen molar-refractivity contribution in [1.82, 2.24) is 10.3 Å². The van der Waals surface area contributed by atoms with E-state index in [0.29, 0.717) is 0 Å². The second kappa shape index (κ2) is 4.67. The van der Waals surface area contributed by atoms with Crippen LogP contribution < -0.4 is 5.32 Å². The number of hydrogen-bond donors (Lipinski definition) is 1. The molecule has 0 bridgehead atoms. The quantitative estimate of drug-likeness (QED) is 0.892. The van der Waals surface area contributed by atoms with E-state index in [1.807, 2.05) is 11.3 Å². The minimum atomic E-state index is 0.0189. The first-order valence-electron chi connectivity index (χ1n) is 6.66. The SMILES string of the molecule is CCCNC1(c2nc3c(s2)CCC3)CCOC1. The molecule has 0 aromatic carbocycles. The zero-order valence-corrected chi connectivity index (χ0v) is 11.2. The van der Waals surface area contributed by atoms with Crippen molar-refractivity contribution in [3.8, 4) is 0 Å². The Bertz CT molecular complexity index is 375. The highest BCUT2D eigenvalue weighted by atomic mass is 32.1. The summed E-state index contributed by atoms with van der Waals surface area (Å²) in [6, 6.07) is 0. The normalized spacial score (nSPS) is 27.6. The highest BCUT2D eigenvalue weighted by Gasteiger charge is 2.39. The zero-order chi connectivity index (χ0) is 11.7. The molecule has 1 N–H and O–H groups in total. The summed E-state index contributed by atoms with van der Waals surface area (Å²) >= 11 is 1.91. The molecule has 2 heterocycles. The molecule has 0 amide bonds. The summed E-state index contributed by atoms with van der Waals surface area (Å²) in [6.07, 6.45) is 5.93. The van der Waals surface area contributed by atoms with Gasteiger partial charge in [0.1, 0.15) is 5.01 Å². The number of thiazole rings is 1. The van der Waals surface area contributed by atoms with Crippen LogP contribution in [-0.2, 0) is 23.1 Å². The average Bonchev–Trinajstić information content (AvgIpc) is 3.01. The van der Waals surface area contributed by atoms with Gasteiger partial charge in [0.25, 0.3) is 0 Å². The van der Waals surface area contributed by atoms with Crippen LogP contribution >= 0.6 is 11.3 Å². The van der Waals surface area contributed by atoms with Gasteiger partial charge in [-0.3, -0.25) is 0 Å². The molecular formula is C13H20N2OS. The highest BCUT2D eigenvalue weighted by molar-refractivity contribution is 7.12. The van der Waals surface area contributed by atoms with Gasteiger partial charge < -0.3 is 10.1 Å². The van der Waals surface area contributed by atoms with Crippen molar-refractivity contribution in [2.45, 2.75) is 44.6 Å². The predicted molar refractivity (Wildman–Crippen MR) is 69.5 cm³/mol. The third-order valence-corrected chi connectivity index (χ3v) is 5.10. The summed E-state index contributed by atoms with van der Waals surface area (Å²) in [6.45, 7) is 4.91. The molecule has 4 heteroatoms. The number of hydrogen-bond acceptors (Lipinski definition) is 4. The number of ether oxygens (including phenoxy) is 1. The predicted octanol–water partition coefficient (Wildman–Crippen LogP) is 2.25. The van der Waals surface area contributed by atoms with Crippen LogP contribution in [0.5, 0.6) is 0 Å². The van der Waals surface area contributed by atoms with Crippen molar-refractivity contribution in [2.75, 3.05) is 19.8 Å². The first kappa shape index (κ1) is 11.6. The number of fused-ring (bicyclic) bond motifs is 1. The van der Waals surface area contributed by atoms with Gasteiger partial charge in [-0.1, -0.05) is 6.92 Å². The molecule has 1 atom stereocenters. The Labute approximate surface area is 107 Å². The van der Waals surface area contributed by atoms with Crippen molar-refractivity contribution in [1.29, 1.82) is 0 Å². The van der Waals surface area contributed by atoms with Crippen LogP contribution in [-0.4, -0.2) is 24.7 Å². The van der Waals surface area contributed by atoms with Gasteiger partial charge in [-0.15, -0.1) is 11.3 Å². The first-order chi connectivity index (χ1) is 8.34. The van der Waals surface area contributed by atoms with E-state index in [1.165, 1.54) is 34.8 Å². The number of nitrogens with zero attached hydrogens (tertiary/aromatic N) is 1. The molecular weight excluding hydrogens is 232 g/mol. The fraction of sp³-hybridized carbons (Fsp3) is 0.769. The third kappa shape index (κ3) is 2.02. The minimum absolute atomic E-state index is 0.0189. The molecule has 2 aliphatic rings. The van der Waals surface area contributed by atoms with Crippen LogP contribution in [0.15, 0.2) is 0 Å². The molecule has 1 aliphatic carbocycles. The van der Waals surface area contributed by atoms with E-state index in [9.17, 15) is 0 Å². The molecule has 3 nitrogen and oxygen atoms in total. The van der Waals surface area contributed by atoms with Gasteiger partial charge in [-0.05, 0) is 38.6 Å². The molecule has 0 saturated carbocycles.